The Morgan fingerprint density at radius 1 is 0.955 bits per heavy atom. The summed E-state index contributed by atoms with van der Waals surface area (Å²) < 4.78 is 0. The summed E-state index contributed by atoms with van der Waals surface area (Å²) >= 11 is 0. The first-order chi connectivity index (χ1) is 10.4. The van der Waals surface area contributed by atoms with Gasteiger partial charge in [-0.05, 0) is 56.3 Å². The van der Waals surface area contributed by atoms with Gasteiger partial charge < -0.3 is 0 Å². The minimum atomic E-state index is -0.376. The number of carbonyl (C=O) groups excluding carboxylic acids is 2. The summed E-state index contributed by atoms with van der Waals surface area (Å²) in [7, 11) is 0. The Hall–Kier alpha value is -1.24. The van der Waals surface area contributed by atoms with Gasteiger partial charge in [-0.25, -0.2) is 14.6 Å². The third-order valence-electron chi connectivity index (χ3n) is 5.51. The summed E-state index contributed by atoms with van der Waals surface area (Å²) in [5.74, 6) is 0.786. The number of rotatable bonds is 4. The summed E-state index contributed by atoms with van der Waals surface area (Å²) in [5.41, 5.74) is -0.275. The average Bonchev–Trinajstić information content (AvgIpc) is 2.43. The molecule has 122 valence electrons. The monoisotopic (exact) mass is 304 g/mol. The van der Waals surface area contributed by atoms with E-state index in [0.29, 0.717) is 11.8 Å². The lowest BCUT2D eigenvalue weighted by atomic mass is 9.61. The lowest BCUT2D eigenvalue weighted by molar-refractivity contribution is 0.0779. The quantitative estimate of drug-likeness (QED) is 0.577. The Labute approximate surface area is 133 Å². The summed E-state index contributed by atoms with van der Waals surface area (Å²) in [5, 5.41) is 0. The summed E-state index contributed by atoms with van der Waals surface area (Å²) in [6.45, 7) is 6.48. The van der Waals surface area contributed by atoms with Crippen molar-refractivity contribution in [3.8, 4) is 0 Å². The van der Waals surface area contributed by atoms with Crippen LogP contribution in [0.25, 0.3) is 0 Å². The molecule has 0 aromatic heterocycles. The minimum Gasteiger partial charge on any atom is -0.211 e. The molecule has 0 heterocycles. The Morgan fingerprint density at radius 2 is 1.64 bits per heavy atom. The number of isocyanates is 2. The summed E-state index contributed by atoms with van der Waals surface area (Å²) in [4.78, 5) is 30.1. The molecule has 2 rings (SSSR count). The maximum atomic E-state index is 11.0. The first kappa shape index (κ1) is 17.1. The molecule has 0 saturated heterocycles. The third-order valence-corrected chi connectivity index (χ3v) is 5.51. The van der Waals surface area contributed by atoms with Crippen LogP contribution < -0.4 is 0 Å². The van der Waals surface area contributed by atoms with Crippen molar-refractivity contribution in [3.05, 3.63) is 0 Å². The Morgan fingerprint density at radius 3 is 2.23 bits per heavy atom. The highest BCUT2D eigenvalue weighted by molar-refractivity contribution is 5.35. The van der Waals surface area contributed by atoms with Crippen LogP contribution in [0.15, 0.2) is 9.98 Å². The van der Waals surface area contributed by atoms with Crippen LogP contribution in [0.4, 0.5) is 0 Å². The summed E-state index contributed by atoms with van der Waals surface area (Å²) in [6, 6.07) is 0.0403. The second-order valence-corrected chi connectivity index (χ2v) is 8.32. The van der Waals surface area contributed by atoms with Gasteiger partial charge in [0.1, 0.15) is 0 Å². The van der Waals surface area contributed by atoms with Crippen molar-refractivity contribution in [3.63, 3.8) is 0 Å². The zero-order valence-corrected chi connectivity index (χ0v) is 14.1. The second-order valence-electron chi connectivity index (χ2n) is 8.32. The Balaban J connectivity index is 2.25. The van der Waals surface area contributed by atoms with Gasteiger partial charge in [0.15, 0.2) is 0 Å². The largest absolute Gasteiger partial charge is 0.235 e. The molecule has 0 aromatic carbocycles. The van der Waals surface area contributed by atoms with E-state index in [1.54, 1.807) is 6.08 Å². The molecule has 0 spiro atoms. The molecule has 0 radical (unpaired) electrons. The molecule has 4 heteroatoms. The lowest BCUT2D eigenvalue weighted by Gasteiger charge is -2.46. The molecule has 0 aliphatic heterocycles. The predicted octanol–water partition coefficient (Wildman–Crippen LogP) is 4.19. The molecular weight excluding hydrogens is 276 g/mol. The molecule has 2 aliphatic rings. The highest BCUT2D eigenvalue weighted by atomic mass is 16.1. The van der Waals surface area contributed by atoms with E-state index in [-0.39, 0.29) is 17.0 Å². The SMILES string of the molecule is CC1(C)CC(C(N=C=O)C2CCCCC2)CC(C)(N=C=O)C1. The predicted molar refractivity (Wildman–Crippen MR) is 86.1 cm³/mol. The van der Waals surface area contributed by atoms with E-state index in [1.165, 1.54) is 19.3 Å². The van der Waals surface area contributed by atoms with E-state index in [0.717, 1.165) is 32.1 Å². The van der Waals surface area contributed by atoms with Crippen molar-refractivity contribution in [2.24, 2.45) is 27.2 Å². The van der Waals surface area contributed by atoms with Crippen molar-refractivity contribution in [1.82, 2.24) is 0 Å². The van der Waals surface area contributed by atoms with Crippen LogP contribution in [0.1, 0.15) is 72.1 Å². The minimum absolute atomic E-state index is 0.0403. The van der Waals surface area contributed by atoms with Crippen LogP contribution in [0.2, 0.25) is 0 Å². The highest BCUT2D eigenvalue weighted by Crippen LogP contribution is 2.49. The molecule has 3 unspecified atom stereocenters. The van der Waals surface area contributed by atoms with Gasteiger partial charge in [0.05, 0.1) is 11.6 Å². The van der Waals surface area contributed by atoms with Crippen LogP contribution in [0.3, 0.4) is 0 Å². The van der Waals surface area contributed by atoms with Crippen molar-refractivity contribution in [2.75, 3.05) is 0 Å². The fraction of sp³-hybridized carbons (Fsp3) is 0.889. The number of hydrogen-bond donors (Lipinski definition) is 0. The van der Waals surface area contributed by atoms with E-state index < -0.39 is 0 Å². The number of aliphatic imine (C=N–C) groups is 2. The number of nitrogens with zero attached hydrogens (tertiary/aromatic N) is 2. The van der Waals surface area contributed by atoms with E-state index in [1.807, 2.05) is 13.0 Å². The first-order valence-electron chi connectivity index (χ1n) is 8.55. The van der Waals surface area contributed by atoms with E-state index in [4.69, 9.17) is 0 Å². The van der Waals surface area contributed by atoms with Gasteiger partial charge in [-0.15, -0.1) is 0 Å². The van der Waals surface area contributed by atoms with Crippen molar-refractivity contribution in [1.29, 1.82) is 0 Å². The molecule has 0 aromatic rings. The molecular formula is C18H28N2O2. The maximum absolute atomic E-state index is 11.0. The molecule has 2 aliphatic carbocycles. The maximum Gasteiger partial charge on any atom is 0.235 e. The van der Waals surface area contributed by atoms with Crippen molar-refractivity contribution >= 4 is 12.2 Å². The third kappa shape index (κ3) is 4.15. The fourth-order valence-electron chi connectivity index (χ4n) is 5.09. The van der Waals surface area contributed by atoms with Gasteiger partial charge in [0.25, 0.3) is 0 Å². The van der Waals surface area contributed by atoms with E-state index in [9.17, 15) is 9.59 Å². The lowest BCUT2D eigenvalue weighted by Crippen LogP contribution is -2.44. The normalized spacial score (nSPS) is 33.3. The molecule has 0 amide bonds. The van der Waals surface area contributed by atoms with Crippen LogP contribution in [-0.4, -0.2) is 23.7 Å². The molecule has 4 nitrogen and oxygen atoms in total. The van der Waals surface area contributed by atoms with Crippen molar-refractivity contribution in [2.45, 2.75) is 83.7 Å². The molecule has 2 saturated carbocycles. The van der Waals surface area contributed by atoms with Crippen LogP contribution in [0, 0.1) is 17.3 Å². The van der Waals surface area contributed by atoms with Crippen LogP contribution in [-0.2, 0) is 9.59 Å². The second kappa shape index (κ2) is 6.89. The van der Waals surface area contributed by atoms with Crippen molar-refractivity contribution < 1.29 is 9.59 Å². The fourth-order valence-corrected chi connectivity index (χ4v) is 5.09. The zero-order chi connectivity index (χ0) is 16.2. The smallest absolute Gasteiger partial charge is 0.211 e. The van der Waals surface area contributed by atoms with Gasteiger partial charge in [0.2, 0.25) is 12.2 Å². The number of hydrogen-bond acceptors (Lipinski definition) is 4. The highest BCUT2D eigenvalue weighted by Gasteiger charge is 2.45. The van der Waals surface area contributed by atoms with Crippen LogP contribution >= 0.6 is 0 Å². The molecule has 3 atom stereocenters. The standard InChI is InChI=1S/C18H28N2O2/c1-17(2)9-15(10-18(3,11-17)20-13-22)16(19-12-21)14-7-5-4-6-8-14/h14-16H,4-11H2,1-3H3. The van der Waals surface area contributed by atoms with Gasteiger partial charge in [-0.3, -0.25) is 0 Å². The first-order valence-corrected chi connectivity index (χ1v) is 8.55. The van der Waals surface area contributed by atoms with E-state index >= 15 is 0 Å². The molecule has 2 fully saturated rings. The summed E-state index contributed by atoms with van der Waals surface area (Å²) in [6.07, 6.45) is 12.4. The Kier molecular flexibility index (Phi) is 5.36. The molecule has 0 bridgehead atoms. The van der Waals surface area contributed by atoms with Crippen LogP contribution in [0.5, 0.6) is 0 Å². The average molecular weight is 304 g/mol. The molecule has 22 heavy (non-hydrogen) atoms. The van der Waals surface area contributed by atoms with Gasteiger partial charge >= 0.3 is 0 Å². The Bertz CT molecular complexity index is 483. The van der Waals surface area contributed by atoms with Gasteiger partial charge in [0, 0.05) is 0 Å². The van der Waals surface area contributed by atoms with Gasteiger partial charge in [-0.2, -0.15) is 4.99 Å². The molecule has 0 N–H and O–H groups in total. The van der Waals surface area contributed by atoms with Gasteiger partial charge in [-0.1, -0.05) is 33.1 Å². The van der Waals surface area contributed by atoms with E-state index in [2.05, 4.69) is 23.8 Å². The zero-order valence-electron chi connectivity index (χ0n) is 14.1. The topological polar surface area (TPSA) is 58.9 Å².